The van der Waals surface area contributed by atoms with Crippen molar-refractivity contribution < 1.29 is 25.4 Å². The molecule has 0 aromatic heterocycles. The van der Waals surface area contributed by atoms with Gasteiger partial charge < -0.3 is 10.8 Å². The van der Waals surface area contributed by atoms with Gasteiger partial charge >= 0.3 is 55.5 Å². The Balaban J connectivity index is -0.000000107. The normalized spacial score (nSPS) is 8.82. The third kappa shape index (κ3) is 74.9. The summed E-state index contributed by atoms with van der Waals surface area (Å²) >= 11 is -3.29. The molecule has 0 atom stereocenters. The van der Waals surface area contributed by atoms with Crippen LogP contribution in [0.1, 0.15) is 0 Å². The third-order valence-corrected chi connectivity index (χ3v) is 0.175. The van der Waals surface area contributed by atoms with E-state index >= 15 is 0 Å². The summed E-state index contributed by atoms with van der Waals surface area (Å²) in [6.45, 7) is -0.278. The zero-order chi connectivity index (χ0) is 8.78. The predicted octanol–water partition coefficient (Wildman–Crippen LogP) is 0.601. The fourth-order valence-corrected chi connectivity index (χ4v) is 0. The minimum atomic E-state index is -3.29. The van der Waals surface area contributed by atoms with Crippen molar-refractivity contribution in [2.24, 2.45) is 5.73 Å². The summed E-state index contributed by atoms with van der Waals surface area (Å²) in [6.07, 6.45) is 0. The first-order valence-electron chi connectivity index (χ1n) is 1.95. The number of aliphatic carboxylic acids is 1. The molecule has 3 nitrogen and oxygen atoms in total. The molecule has 0 amide bonds. The van der Waals surface area contributed by atoms with Crippen molar-refractivity contribution in [3.8, 4) is 0 Å². The van der Waals surface area contributed by atoms with Gasteiger partial charge in [-0.1, -0.05) is 0 Å². The number of carbonyl (C=O) groups is 1. The molecular weight excluding hydrogens is 330 g/mol. The Morgan fingerprint density at radius 1 is 1.36 bits per heavy atom. The van der Waals surface area contributed by atoms with E-state index in [0.717, 1.165) is 0 Å². The van der Waals surface area contributed by atoms with Gasteiger partial charge in [0.1, 0.15) is 0 Å². The Morgan fingerprint density at radius 3 is 1.45 bits per heavy atom. The molecule has 0 bridgehead atoms. The maximum atomic E-state index is 9.24. The van der Waals surface area contributed by atoms with Crippen molar-refractivity contribution >= 4 is 57.4 Å². The van der Waals surface area contributed by atoms with Crippen molar-refractivity contribution in [2.45, 2.75) is 0 Å². The molecule has 0 unspecified atom stereocenters. The molecule has 0 saturated heterocycles. The average molecular weight is 338 g/mol. The van der Waals surface area contributed by atoms with Crippen LogP contribution < -0.4 is 5.73 Å². The number of nitrogens with two attached hydrogens (primary N) is 1. The van der Waals surface area contributed by atoms with E-state index in [2.05, 4.69) is 5.73 Å². The molecule has 0 aliphatic heterocycles. The Kier molecular flexibility index (Phi) is 17.2. The van der Waals surface area contributed by atoms with Gasteiger partial charge in [0.15, 0.2) is 17.4 Å². The van der Waals surface area contributed by atoms with Gasteiger partial charge in [-0.05, 0) is 0 Å². The summed E-state index contributed by atoms with van der Waals surface area (Å²) in [6, 6.07) is 0. The van der Waals surface area contributed by atoms with Gasteiger partial charge in [0.05, 0.1) is 6.54 Å². The van der Waals surface area contributed by atoms with E-state index < -0.39 is 21.5 Å². The molecule has 0 aliphatic rings. The molecule has 11 heavy (non-hydrogen) atoms. The second kappa shape index (κ2) is 10.1. The van der Waals surface area contributed by atoms with Crippen molar-refractivity contribution in [3.05, 3.63) is 0 Å². The summed E-state index contributed by atoms with van der Waals surface area (Å²) in [4.78, 5) is 9.24. The second-order valence-corrected chi connectivity index (χ2v) is 23.4. The topological polar surface area (TPSA) is 63.3 Å². The number of hydrogen-bond donors (Lipinski definition) is 2. The van der Waals surface area contributed by atoms with Crippen LogP contribution in [0.3, 0.4) is 0 Å². The van der Waals surface area contributed by atoms with Gasteiger partial charge in [0.2, 0.25) is 0 Å². The fourth-order valence-electron chi connectivity index (χ4n) is 0. The van der Waals surface area contributed by atoms with Crippen molar-refractivity contribution in [1.29, 1.82) is 0 Å². The zero-order valence-corrected chi connectivity index (χ0v) is 10.1. The van der Waals surface area contributed by atoms with E-state index in [4.69, 9.17) is 39.2 Å². The Bertz CT molecular complexity index is 103. The summed E-state index contributed by atoms with van der Waals surface area (Å²) in [7, 11) is 20.1. The van der Waals surface area contributed by atoms with Gasteiger partial charge in [0.25, 0.3) is 0 Å². The van der Waals surface area contributed by atoms with Crippen molar-refractivity contribution in [1.82, 2.24) is 0 Å². The maximum absolute atomic E-state index is 9.24. The van der Waals surface area contributed by atoms with Crippen LogP contribution in [0.15, 0.2) is 0 Å². The molecule has 0 fully saturated rings. The molecular formula is C2H8AlCl4NO2Zr. The molecule has 68 valence electrons. The molecule has 0 aromatic carbocycles. The molecule has 0 spiro atoms. The van der Waals surface area contributed by atoms with Gasteiger partial charge in [0, 0.05) is 0 Å². The van der Waals surface area contributed by atoms with Crippen LogP contribution in [0.5, 0.6) is 0 Å². The van der Waals surface area contributed by atoms with Crippen molar-refractivity contribution in [2.75, 3.05) is 6.54 Å². The Morgan fingerprint density at radius 2 is 1.45 bits per heavy atom. The van der Waals surface area contributed by atoms with Crippen LogP contribution in [0.25, 0.3) is 0 Å². The van der Waals surface area contributed by atoms with E-state index in [-0.39, 0.29) is 23.9 Å². The number of halogens is 4. The number of carboxylic acids is 1. The monoisotopic (exact) mass is 335 g/mol. The molecule has 0 heterocycles. The van der Waals surface area contributed by atoms with Gasteiger partial charge in [-0.25, -0.2) is 0 Å². The summed E-state index contributed by atoms with van der Waals surface area (Å²) in [5, 5.41) is 7.60. The third-order valence-electron chi connectivity index (χ3n) is 0.175. The standard InChI is InChI=1S/C2H5NO2.Al.4ClH.Zr.3H/c3-1-2(4)5;;;;;;;;;/h1,3H2,(H,4,5);;4*1H;;;;/q;;;;;;+4;;;/p-4. The molecule has 0 rings (SSSR count). The van der Waals surface area contributed by atoms with Crippen LogP contribution in [0.4, 0.5) is 0 Å². The van der Waals surface area contributed by atoms with Crippen molar-refractivity contribution in [3.63, 3.8) is 0 Å². The number of rotatable bonds is 1. The van der Waals surface area contributed by atoms with Crippen LogP contribution in [0.2, 0.25) is 0 Å². The first-order valence-corrected chi connectivity index (χ1v) is 14.6. The minimum absolute atomic E-state index is 0. The summed E-state index contributed by atoms with van der Waals surface area (Å²) < 4.78 is 0. The molecule has 0 aromatic rings. The van der Waals surface area contributed by atoms with Crippen LogP contribution in [-0.4, -0.2) is 35.0 Å². The first kappa shape index (κ1) is 18.7. The van der Waals surface area contributed by atoms with E-state index in [1.54, 1.807) is 0 Å². The molecule has 3 N–H and O–H groups in total. The van der Waals surface area contributed by atoms with Gasteiger partial charge in [-0.2, -0.15) is 0 Å². The van der Waals surface area contributed by atoms with Gasteiger partial charge in [-0.15, -0.1) is 0 Å². The number of carboxylic acid groups (broad SMARTS) is 1. The number of hydrogen-bond acceptors (Lipinski definition) is 2. The van der Waals surface area contributed by atoms with Crippen LogP contribution in [-0.2, 0) is 20.3 Å². The van der Waals surface area contributed by atoms with E-state index in [1.165, 1.54) is 0 Å². The molecule has 0 radical (unpaired) electrons. The quantitative estimate of drug-likeness (QED) is 0.689. The predicted molar refractivity (Wildman–Crippen MR) is 50.0 cm³/mol. The Hall–Kier alpha value is 2.01. The van der Waals surface area contributed by atoms with Crippen LogP contribution in [0, 0.1) is 0 Å². The fraction of sp³-hybridized carbons (Fsp3) is 0.500. The van der Waals surface area contributed by atoms with E-state index in [1.807, 2.05) is 0 Å². The summed E-state index contributed by atoms with van der Waals surface area (Å²) in [5.41, 5.74) is 4.57. The zero-order valence-electron chi connectivity index (χ0n) is 4.65. The first-order chi connectivity index (χ1) is 4.27. The second-order valence-electron chi connectivity index (χ2n) is 1.03. The SMILES string of the molecule is NCC(=O)O.[AlH3].[Cl][Zr]([Cl])([Cl])[Cl]. The summed E-state index contributed by atoms with van der Waals surface area (Å²) in [5.74, 6) is -0.968. The van der Waals surface area contributed by atoms with E-state index in [9.17, 15) is 4.79 Å². The van der Waals surface area contributed by atoms with Gasteiger partial charge in [-0.3, -0.25) is 4.79 Å². The Labute approximate surface area is 93.8 Å². The molecule has 0 aliphatic carbocycles. The van der Waals surface area contributed by atoms with Crippen LogP contribution >= 0.6 is 34.1 Å². The molecule has 0 saturated carbocycles. The van der Waals surface area contributed by atoms with E-state index in [0.29, 0.717) is 0 Å². The molecule has 9 heteroatoms. The average Bonchev–Trinajstić information content (AvgIpc) is 1.61.